The molecule has 0 aromatic heterocycles. The molecule has 17 heavy (non-hydrogen) atoms. The van der Waals surface area contributed by atoms with E-state index in [1.165, 1.54) is 20.3 Å². The predicted molar refractivity (Wildman–Crippen MR) is 61.8 cm³/mol. The number of aromatic hydroxyl groups is 1. The minimum Gasteiger partial charge on any atom is -0.504 e. The average Bonchev–Trinajstić information content (AvgIpc) is 2.30. The zero-order valence-electron chi connectivity index (χ0n) is 9.90. The Morgan fingerprint density at radius 3 is 2.41 bits per heavy atom. The van der Waals surface area contributed by atoms with Crippen LogP contribution in [0.5, 0.6) is 17.2 Å². The second kappa shape index (κ2) is 5.98. The summed E-state index contributed by atoms with van der Waals surface area (Å²) in [6.07, 6.45) is 1.18. The molecule has 0 radical (unpaired) electrons. The maximum atomic E-state index is 10.4. The molecule has 0 saturated carbocycles. The number of benzene rings is 1. The number of ether oxygens (including phenoxy) is 2. The van der Waals surface area contributed by atoms with Crippen molar-refractivity contribution in [2.24, 2.45) is 0 Å². The molecule has 0 saturated heterocycles. The summed E-state index contributed by atoms with van der Waals surface area (Å²) in [5.41, 5.74) is 0.823. The maximum absolute atomic E-state index is 10.4. The van der Waals surface area contributed by atoms with Crippen molar-refractivity contribution in [2.75, 3.05) is 14.2 Å². The number of phenolic OH excluding ortho intramolecular Hbond substituents is 1. The minimum absolute atomic E-state index is 0.00587. The number of aryl methyl sites for hydroxylation is 1. The van der Waals surface area contributed by atoms with Gasteiger partial charge in [0.15, 0.2) is 11.5 Å². The summed E-state index contributed by atoms with van der Waals surface area (Å²) >= 11 is 0. The van der Waals surface area contributed by atoms with E-state index in [0.717, 1.165) is 5.56 Å². The second-order valence-electron chi connectivity index (χ2n) is 3.58. The fraction of sp³-hybridized carbons (Fsp3) is 0.417. The third kappa shape index (κ3) is 3.55. The largest absolute Gasteiger partial charge is 0.504 e. The number of rotatable bonds is 6. The quantitative estimate of drug-likeness (QED) is 0.793. The van der Waals surface area contributed by atoms with E-state index in [1.54, 1.807) is 6.07 Å². The van der Waals surface area contributed by atoms with Crippen LogP contribution in [-0.4, -0.2) is 30.4 Å². The molecule has 0 aliphatic rings. The topological polar surface area (TPSA) is 76.0 Å². The van der Waals surface area contributed by atoms with E-state index in [1.807, 2.05) is 0 Å². The second-order valence-corrected chi connectivity index (χ2v) is 3.58. The fourth-order valence-corrected chi connectivity index (χ4v) is 1.57. The van der Waals surface area contributed by atoms with Crippen LogP contribution in [0, 0.1) is 0 Å². The van der Waals surface area contributed by atoms with E-state index in [4.69, 9.17) is 14.6 Å². The highest BCUT2D eigenvalue weighted by Gasteiger charge is 2.10. The zero-order chi connectivity index (χ0) is 12.8. The molecular weight excluding hydrogens is 224 g/mol. The van der Waals surface area contributed by atoms with Crippen LogP contribution in [0.3, 0.4) is 0 Å². The van der Waals surface area contributed by atoms with Crippen molar-refractivity contribution in [3.05, 3.63) is 17.7 Å². The lowest BCUT2D eigenvalue weighted by Crippen LogP contribution is -1.98. The van der Waals surface area contributed by atoms with Crippen molar-refractivity contribution in [2.45, 2.75) is 19.3 Å². The Morgan fingerprint density at radius 1 is 1.24 bits per heavy atom. The van der Waals surface area contributed by atoms with Crippen LogP contribution in [0.15, 0.2) is 12.1 Å². The number of carboxylic acids is 1. The summed E-state index contributed by atoms with van der Waals surface area (Å²) in [5.74, 6) is 0.0749. The number of aliphatic carboxylic acids is 1. The third-order valence-electron chi connectivity index (χ3n) is 2.42. The van der Waals surface area contributed by atoms with Crippen LogP contribution in [-0.2, 0) is 11.2 Å². The highest BCUT2D eigenvalue weighted by atomic mass is 16.5. The lowest BCUT2D eigenvalue weighted by atomic mass is 10.1. The third-order valence-corrected chi connectivity index (χ3v) is 2.42. The number of hydrogen-bond donors (Lipinski definition) is 2. The van der Waals surface area contributed by atoms with Gasteiger partial charge in [-0.25, -0.2) is 0 Å². The van der Waals surface area contributed by atoms with Crippen molar-refractivity contribution in [1.29, 1.82) is 0 Å². The Balaban J connectivity index is 2.84. The van der Waals surface area contributed by atoms with Crippen LogP contribution in [0.1, 0.15) is 18.4 Å². The Morgan fingerprint density at radius 2 is 1.88 bits per heavy atom. The molecule has 94 valence electrons. The summed E-state index contributed by atoms with van der Waals surface area (Å²) in [6, 6.07) is 3.13. The number of carbonyl (C=O) groups is 1. The van der Waals surface area contributed by atoms with Gasteiger partial charge in [-0.1, -0.05) is 0 Å². The molecule has 0 fully saturated rings. The fourth-order valence-electron chi connectivity index (χ4n) is 1.57. The van der Waals surface area contributed by atoms with Crippen molar-refractivity contribution < 1.29 is 24.5 Å². The summed E-state index contributed by atoms with van der Waals surface area (Å²) in [4.78, 5) is 10.4. The van der Waals surface area contributed by atoms with Crippen LogP contribution in [0.25, 0.3) is 0 Å². The van der Waals surface area contributed by atoms with E-state index in [0.29, 0.717) is 24.3 Å². The Labute approximate surface area is 99.6 Å². The molecule has 0 unspecified atom stereocenters. The summed E-state index contributed by atoms with van der Waals surface area (Å²) in [7, 11) is 2.96. The highest BCUT2D eigenvalue weighted by Crippen LogP contribution is 2.34. The lowest BCUT2D eigenvalue weighted by Gasteiger charge is -2.11. The minimum atomic E-state index is -0.824. The van der Waals surface area contributed by atoms with Gasteiger partial charge in [-0.3, -0.25) is 4.79 Å². The van der Waals surface area contributed by atoms with Crippen molar-refractivity contribution >= 4 is 5.97 Å². The van der Waals surface area contributed by atoms with Gasteiger partial charge in [0.1, 0.15) is 5.75 Å². The summed E-state index contributed by atoms with van der Waals surface area (Å²) in [5, 5.41) is 18.1. The first-order valence-corrected chi connectivity index (χ1v) is 5.24. The van der Waals surface area contributed by atoms with Gasteiger partial charge in [0.25, 0.3) is 0 Å². The van der Waals surface area contributed by atoms with Gasteiger partial charge in [0.05, 0.1) is 14.2 Å². The summed E-state index contributed by atoms with van der Waals surface area (Å²) in [6.45, 7) is 0. The van der Waals surface area contributed by atoms with Gasteiger partial charge in [-0.2, -0.15) is 0 Å². The highest BCUT2D eigenvalue weighted by molar-refractivity contribution is 5.66. The van der Waals surface area contributed by atoms with Crippen LogP contribution >= 0.6 is 0 Å². The van der Waals surface area contributed by atoms with E-state index in [2.05, 4.69) is 0 Å². The molecule has 0 aliphatic carbocycles. The maximum Gasteiger partial charge on any atom is 0.303 e. The molecule has 1 aromatic carbocycles. The van der Waals surface area contributed by atoms with Crippen LogP contribution in [0.2, 0.25) is 0 Å². The number of hydrogen-bond acceptors (Lipinski definition) is 4. The molecule has 0 bridgehead atoms. The van der Waals surface area contributed by atoms with Gasteiger partial charge in [-0.05, 0) is 24.5 Å². The predicted octanol–water partition coefficient (Wildman–Crippen LogP) is 1.82. The standard InChI is InChI=1S/C12H16O5/c1-16-10-7-9(13)11(17-2)6-8(10)4-3-5-12(14)15/h6-7,13H,3-5H2,1-2H3,(H,14,15). The Kier molecular flexibility index (Phi) is 4.63. The normalized spacial score (nSPS) is 10.0. The molecule has 0 spiro atoms. The first-order chi connectivity index (χ1) is 8.08. The number of carboxylic acid groups (broad SMARTS) is 1. The molecule has 2 N–H and O–H groups in total. The van der Waals surface area contributed by atoms with E-state index in [-0.39, 0.29) is 12.2 Å². The van der Waals surface area contributed by atoms with Crippen molar-refractivity contribution in [3.63, 3.8) is 0 Å². The smallest absolute Gasteiger partial charge is 0.303 e. The molecule has 0 atom stereocenters. The van der Waals surface area contributed by atoms with E-state index < -0.39 is 5.97 Å². The van der Waals surface area contributed by atoms with Gasteiger partial charge < -0.3 is 19.7 Å². The SMILES string of the molecule is COc1cc(CCCC(=O)O)c(OC)cc1O. The molecule has 5 nitrogen and oxygen atoms in total. The summed E-state index contributed by atoms with van der Waals surface area (Å²) < 4.78 is 10.1. The van der Waals surface area contributed by atoms with Crippen molar-refractivity contribution in [1.82, 2.24) is 0 Å². The molecule has 0 heterocycles. The molecule has 0 amide bonds. The van der Waals surface area contributed by atoms with Gasteiger partial charge >= 0.3 is 5.97 Å². The Hall–Kier alpha value is -1.91. The molecule has 1 rings (SSSR count). The first kappa shape index (κ1) is 13.2. The zero-order valence-corrected chi connectivity index (χ0v) is 9.90. The average molecular weight is 240 g/mol. The first-order valence-electron chi connectivity index (χ1n) is 5.24. The van der Waals surface area contributed by atoms with Gasteiger partial charge in [-0.15, -0.1) is 0 Å². The monoisotopic (exact) mass is 240 g/mol. The molecular formula is C12H16O5. The molecule has 1 aromatic rings. The number of phenols is 1. The van der Waals surface area contributed by atoms with Crippen molar-refractivity contribution in [3.8, 4) is 17.2 Å². The van der Waals surface area contributed by atoms with Gasteiger partial charge in [0, 0.05) is 12.5 Å². The van der Waals surface area contributed by atoms with E-state index >= 15 is 0 Å². The lowest BCUT2D eigenvalue weighted by molar-refractivity contribution is -0.137. The Bertz CT molecular complexity index is 400. The molecule has 5 heteroatoms. The number of methoxy groups -OCH3 is 2. The van der Waals surface area contributed by atoms with Gasteiger partial charge in [0.2, 0.25) is 0 Å². The molecule has 0 aliphatic heterocycles. The van der Waals surface area contributed by atoms with Crippen LogP contribution < -0.4 is 9.47 Å². The van der Waals surface area contributed by atoms with Crippen LogP contribution in [0.4, 0.5) is 0 Å². The van der Waals surface area contributed by atoms with E-state index in [9.17, 15) is 9.90 Å².